The van der Waals surface area contributed by atoms with E-state index in [4.69, 9.17) is 4.74 Å². The van der Waals surface area contributed by atoms with E-state index in [1.165, 1.54) is 25.7 Å². The highest BCUT2D eigenvalue weighted by molar-refractivity contribution is 5.81. The van der Waals surface area contributed by atoms with E-state index in [0.29, 0.717) is 17.8 Å². The molecule has 0 unspecified atom stereocenters. The summed E-state index contributed by atoms with van der Waals surface area (Å²) in [7, 11) is 0. The fourth-order valence-corrected chi connectivity index (χ4v) is 12.2. The highest BCUT2D eigenvalue weighted by Crippen LogP contribution is 2.78. The largest absolute Gasteiger partial charge is 0.461 e. The van der Waals surface area contributed by atoms with Gasteiger partial charge in [0, 0.05) is 12.3 Å². The summed E-state index contributed by atoms with van der Waals surface area (Å²) in [5, 5.41) is 22.2. The first-order chi connectivity index (χ1) is 15.6. The fourth-order valence-electron chi connectivity index (χ4n) is 12.2. The number of rotatable bonds is 1. The predicted octanol–water partition coefficient (Wildman–Crippen LogP) is 5.74. The van der Waals surface area contributed by atoms with Gasteiger partial charge in [0.15, 0.2) is 0 Å². The molecular formula is C30H48O4. The molecule has 0 aromatic rings. The number of aliphatic hydroxyl groups excluding tert-OH is 1. The monoisotopic (exact) mass is 472 g/mol. The number of fused-ring (bicyclic) bond motifs is 7. The molecule has 6 rings (SSSR count). The zero-order chi connectivity index (χ0) is 24.7. The number of ether oxygens (including phenoxy) is 1. The summed E-state index contributed by atoms with van der Waals surface area (Å²) in [6.45, 7) is 16.3. The molecule has 6 aliphatic rings. The summed E-state index contributed by atoms with van der Waals surface area (Å²) in [5.41, 5.74) is -0.543. The smallest absolute Gasteiger partial charge is 0.312 e. The first-order valence-corrected chi connectivity index (χ1v) is 14.2. The third-order valence-corrected chi connectivity index (χ3v) is 13.9. The Labute approximate surface area is 206 Å². The fraction of sp³-hybridized carbons (Fsp3) is 0.967. The lowest BCUT2D eigenvalue weighted by Gasteiger charge is -2.73. The molecular weight excluding hydrogens is 424 g/mol. The standard InChI is InChI=1S/C30H48O4/c1-25(2)19-10-13-29(7)20(27(19,5)12-11-21(25)31)9-8-17-22-23(26(3,4)33)18-16-30(22,24(32)34-18)15-14-28(17,29)6/h17-23,31,33H,8-16H2,1-7H3/t17-,18-,19+,20-,21+,22+,23-,27+,28-,29-,30-/m1/s1. The number of aliphatic hydroxyl groups is 2. The van der Waals surface area contributed by atoms with E-state index in [-0.39, 0.29) is 57.1 Å². The second kappa shape index (κ2) is 6.63. The minimum atomic E-state index is -0.832. The molecule has 1 aliphatic heterocycles. The molecule has 5 aliphatic carbocycles. The molecule has 34 heavy (non-hydrogen) atoms. The zero-order valence-electron chi connectivity index (χ0n) is 22.6. The van der Waals surface area contributed by atoms with Crippen LogP contribution >= 0.6 is 0 Å². The van der Waals surface area contributed by atoms with Gasteiger partial charge >= 0.3 is 5.97 Å². The average Bonchev–Trinajstić information content (AvgIpc) is 3.23. The van der Waals surface area contributed by atoms with Gasteiger partial charge in [-0.15, -0.1) is 0 Å². The van der Waals surface area contributed by atoms with Gasteiger partial charge in [0.25, 0.3) is 0 Å². The topological polar surface area (TPSA) is 66.8 Å². The lowest BCUT2D eigenvalue weighted by Crippen LogP contribution is -2.68. The van der Waals surface area contributed by atoms with Crippen molar-refractivity contribution in [1.29, 1.82) is 0 Å². The molecule has 6 fully saturated rings. The normalized spacial score (nSPS) is 57.8. The third-order valence-electron chi connectivity index (χ3n) is 13.9. The molecule has 1 heterocycles. The third kappa shape index (κ3) is 2.51. The van der Waals surface area contributed by atoms with E-state index in [9.17, 15) is 15.0 Å². The van der Waals surface area contributed by atoms with Crippen LogP contribution in [0.25, 0.3) is 0 Å². The minimum Gasteiger partial charge on any atom is -0.461 e. The van der Waals surface area contributed by atoms with Crippen molar-refractivity contribution in [1.82, 2.24) is 0 Å². The Bertz CT molecular complexity index is 904. The van der Waals surface area contributed by atoms with Crippen LogP contribution in [0.2, 0.25) is 0 Å². The van der Waals surface area contributed by atoms with Crippen LogP contribution in [-0.2, 0) is 9.53 Å². The Kier molecular flexibility index (Phi) is 4.63. The minimum absolute atomic E-state index is 0.0247. The van der Waals surface area contributed by atoms with Gasteiger partial charge in [-0.3, -0.25) is 4.79 Å². The molecule has 4 heteroatoms. The number of carbonyl (C=O) groups is 1. The van der Waals surface area contributed by atoms with Crippen LogP contribution in [0, 0.1) is 56.7 Å². The number of hydrogen-bond acceptors (Lipinski definition) is 4. The first-order valence-electron chi connectivity index (χ1n) is 14.2. The van der Waals surface area contributed by atoms with Gasteiger partial charge in [-0.05, 0) is 111 Å². The maximum atomic E-state index is 13.2. The summed E-state index contributed by atoms with van der Waals surface area (Å²) in [5.74, 6) is 2.02. The Morgan fingerprint density at radius 1 is 0.882 bits per heavy atom. The van der Waals surface area contributed by atoms with Crippen molar-refractivity contribution in [2.24, 2.45) is 56.7 Å². The lowest BCUT2D eigenvalue weighted by molar-refractivity contribution is -0.257. The molecule has 5 saturated carbocycles. The molecule has 1 spiro atoms. The second-order valence-electron chi connectivity index (χ2n) is 15.6. The van der Waals surface area contributed by atoms with Crippen molar-refractivity contribution in [2.45, 2.75) is 124 Å². The van der Waals surface area contributed by atoms with Crippen molar-refractivity contribution in [2.75, 3.05) is 0 Å². The van der Waals surface area contributed by atoms with Crippen LogP contribution in [0.3, 0.4) is 0 Å². The first kappa shape index (κ1) is 23.8. The molecule has 2 bridgehead atoms. The molecule has 0 amide bonds. The summed E-state index contributed by atoms with van der Waals surface area (Å²) >= 11 is 0. The number of carbonyl (C=O) groups excluding carboxylic acids is 1. The van der Waals surface area contributed by atoms with Gasteiger partial charge in [0.2, 0.25) is 0 Å². The molecule has 11 atom stereocenters. The Balaban J connectivity index is 1.42. The van der Waals surface area contributed by atoms with Crippen LogP contribution in [0.4, 0.5) is 0 Å². The van der Waals surface area contributed by atoms with E-state index >= 15 is 0 Å². The van der Waals surface area contributed by atoms with E-state index in [1.54, 1.807) is 0 Å². The molecule has 0 radical (unpaired) electrons. The maximum Gasteiger partial charge on any atom is 0.312 e. The van der Waals surface area contributed by atoms with Crippen LogP contribution in [0.5, 0.6) is 0 Å². The highest BCUT2D eigenvalue weighted by Gasteiger charge is 2.76. The van der Waals surface area contributed by atoms with Crippen molar-refractivity contribution >= 4 is 5.97 Å². The zero-order valence-corrected chi connectivity index (χ0v) is 22.6. The summed E-state index contributed by atoms with van der Waals surface area (Å²) in [4.78, 5) is 13.2. The Hall–Kier alpha value is -0.610. The predicted molar refractivity (Wildman–Crippen MR) is 132 cm³/mol. The van der Waals surface area contributed by atoms with Crippen LogP contribution in [0.1, 0.15) is 106 Å². The SMILES string of the molecule is CC(C)(O)[C@H]1[C@@H]2[C@H]3CC[C@@H]4[C@@]5(C)CC[C@H](O)C(C)(C)[C@@H]5CC[C@@]4(C)[C@]3(C)CC[C@@]23C[C@H]1OC3=O. The van der Waals surface area contributed by atoms with Gasteiger partial charge in [0.05, 0.1) is 17.1 Å². The van der Waals surface area contributed by atoms with Crippen molar-refractivity contribution in [3.8, 4) is 0 Å². The van der Waals surface area contributed by atoms with Gasteiger partial charge in [-0.2, -0.15) is 0 Å². The van der Waals surface area contributed by atoms with Crippen molar-refractivity contribution in [3.05, 3.63) is 0 Å². The molecule has 0 aromatic heterocycles. The van der Waals surface area contributed by atoms with Crippen molar-refractivity contribution < 1.29 is 19.7 Å². The van der Waals surface area contributed by atoms with E-state index in [2.05, 4.69) is 34.6 Å². The van der Waals surface area contributed by atoms with E-state index < -0.39 is 5.60 Å². The van der Waals surface area contributed by atoms with E-state index in [1.807, 2.05) is 13.8 Å². The summed E-state index contributed by atoms with van der Waals surface area (Å²) in [6, 6.07) is 0. The summed E-state index contributed by atoms with van der Waals surface area (Å²) < 4.78 is 5.90. The molecule has 0 aromatic carbocycles. The van der Waals surface area contributed by atoms with Gasteiger partial charge in [-0.1, -0.05) is 34.6 Å². The molecule has 2 N–H and O–H groups in total. The molecule has 192 valence electrons. The van der Waals surface area contributed by atoms with Crippen LogP contribution in [0.15, 0.2) is 0 Å². The number of hydrogen-bond donors (Lipinski definition) is 2. The molecule has 4 nitrogen and oxygen atoms in total. The Morgan fingerprint density at radius 3 is 2.26 bits per heavy atom. The van der Waals surface area contributed by atoms with Gasteiger partial charge in [-0.25, -0.2) is 0 Å². The Morgan fingerprint density at radius 2 is 1.59 bits per heavy atom. The van der Waals surface area contributed by atoms with Gasteiger partial charge in [0.1, 0.15) is 6.10 Å². The average molecular weight is 473 g/mol. The van der Waals surface area contributed by atoms with Crippen LogP contribution < -0.4 is 0 Å². The lowest BCUT2D eigenvalue weighted by atomic mass is 9.32. The summed E-state index contributed by atoms with van der Waals surface area (Å²) in [6.07, 6.45) is 9.43. The van der Waals surface area contributed by atoms with E-state index in [0.717, 1.165) is 32.1 Å². The van der Waals surface area contributed by atoms with Crippen LogP contribution in [-0.4, -0.2) is 34.0 Å². The second-order valence-corrected chi connectivity index (χ2v) is 15.6. The molecule has 1 saturated heterocycles. The quantitative estimate of drug-likeness (QED) is 0.478. The van der Waals surface area contributed by atoms with Crippen molar-refractivity contribution in [3.63, 3.8) is 0 Å². The number of esters is 1. The van der Waals surface area contributed by atoms with Gasteiger partial charge < -0.3 is 14.9 Å². The highest BCUT2D eigenvalue weighted by atomic mass is 16.6. The maximum absolute atomic E-state index is 13.2.